The SMILES string of the molecule is CC(=O)Nc1c(C(=O)O)ccc(Cl)c1F. The van der Waals surface area contributed by atoms with E-state index in [2.05, 4.69) is 5.32 Å². The first-order valence-corrected chi connectivity index (χ1v) is 4.30. The van der Waals surface area contributed by atoms with Crippen molar-refractivity contribution in [2.45, 2.75) is 6.92 Å². The predicted molar refractivity (Wildman–Crippen MR) is 52.7 cm³/mol. The second kappa shape index (κ2) is 4.27. The Morgan fingerprint density at radius 3 is 2.53 bits per heavy atom. The van der Waals surface area contributed by atoms with Crippen molar-refractivity contribution in [2.24, 2.45) is 0 Å². The molecule has 15 heavy (non-hydrogen) atoms. The maximum absolute atomic E-state index is 13.4. The number of amides is 1. The van der Waals surface area contributed by atoms with Crippen molar-refractivity contribution in [3.63, 3.8) is 0 Å². The van der Waals surface area contributed by atoms with Crippen LogP contribution in [-0.4, -0.2) is 17.0 Å². The normalized spacial score (nSPS) is 9.80. The Labute approximate surface area is 89.7 Å². The largest absolute Gasteiger partial charge is 0.478 e. The number of carbonyl (C=O) groups excluding carboxylic acids is 1. The fourth-order valence-corrected chi connectivity index (χ4v) is 1.18. The summed E-state index contributed by atoms with van der Waals surface area (Å²) in [5.41, 5.74) is -0.755. The lowest BCUT2D eigenvalue weighted by molar-refractivity contribution is -0.114. The number of anilines is 1. The summed E-state index contributed by atoms with van der Waals surface area (Å²) in [6.07, 6.45) is 0. The number of aromatic carboxylic acids is 1. The van der Waals surface area contributed by atoms with Crippen LogP contribution in [-0.2, 0) is 4.79 Å². The molecule has 0 fully saturated rings. The number of carboxylic acid groups (broad SMARTS) is 1. The monoisotopic (exact) mass is 231 g/mol. The van der Waals surface area contributed by atoms with Crippen LogP contribution in [0.3, 0.4) is 0 Å². The van der Waals surface area contributed by atoms with Crippen LogP contribution in [0.5, 0.6) is 0 Å². The molecule has 0 bridgehead atoms. The van der Waals surface area contributed by atoms with E-state index in [4.69, 9.17) is 16.7 Å². The number of benzene rings is 1. The molecule has 0 atom stereocenters. The fourth-order valence-electron chi connectivity index (χ4n) is 1.03. The van der Waals surface area contributed by atoms with Gasteiger partial charge in [0, 0.05) is 6.92 Å². The molecule has 2 N–H and O–H groups in total. The van der Waals surface area contributed by atoms with Gasteiger partial charge in [0.05, 0.1) is 16.3 Å². The third-order valence-electron chi connectivity index (χ3n) is 1.63. The van der Waals surface area contributed by atoms with Crippen molar-refractivity contribution in [1.29, 1.82) is 0 Å². The lowest BCUT2D eigenvalue weighted by atomic mass is 10.1. The molecular weight excluding hydrogens is 225 g/mol. The summed E-state index contributed by atoms with van der Waals surface area (Å²) >= 11 is 5.45. The molecule has 1 amide bonds. The highest BCUT2D eigenvalue weighted by Gasteiger charge is 2.17. The summed E-state index contributed by atoms with van der Waals surface area (Å²) in [6, 6.07) is 2.24. The third-order valence-corrected chi connectivity index (χ3v) is 1.92. The van der Waals surface area contributed by atoms with E-state index in [0.29, 0.717) is 0 Å². The maximum atomic E-state index is 13.4. The molecule has 4 nitrogen and oxygen atoms in total. The van der Waals surface area contributed by atoms with Crippen LogP contribution in [0.1, 0.15) is 17.3 Å². The van der Waals surface area contributed by atoms with Gasteiger partial charge < -0.3 is 10.4 Å². The number of halogens is 2. The number of rotatable bonds is 2. The molecule has 0 aliphatic rings. The fraction of sp³-hybridized carbons (Fsp3) is 0.111. The highest BCUT2D eigenvalue weighted by molar-refractivity contribution is 6.31. The average Bonchev–Trinajstić information content (AvgIpc) is 2.12. The molecule has 0 aliphatic carbocycles. The van der Waals surface area contributed by atoms with Gasteiger partial charge in [0.1, 0.15) is 0 Å². The quantitative estimate of drug-likeness (QED) is 0.820. The summed E-state index contributed by atoms with van der Waals surface area (Å²) in [5, 5.41) is 10.6. The van der Waals surface area contributed by atoms with E-state index >= 15 is 0 Å². The minimum absolute atomic E-state index is 0.247. The summed E-state index contributed by atoms with van der Waals surface area (Å²) in [6.45, 7) is 1.14. The summed E-state index contributed by atoms with van der Waals surface area (Å²) < 4.78 is 13.4. The van der Waals surface area contributed by atoms with Crippen LogP contribution in [0.2, 0.25) is 5.02 Å². The molecule has 0 spiro atoms. The second-order valence-corrected chi connectivity index (χ2v) is 3.18. The van der Waals surface area contributed by atoms with Crippen molar-refractivity contribution in [2.75, 3.05) is 5.32 Å². The van der Waals surface area contributed by atoms with E-state index in [1.54, 1.807) is 0 Å². The summed E-state index contributed by atoms with van der Waals surface area (Å²) in [7, 11) is 0. The molecule has 0 aromatic heterocycles. The highest BCUT2D eigenvalue weighted by atomic mass is 35.5. The zero-order valence-electron chi connectivity index (χ0n) is 7.67. The van der Waals surface area contributed by atoms with Gasteiger partial charge >= 0.3 is 5.97 Å². The number of hydrogen-bond acceptors (Lipinski definition) is 2. The van der Waals surface area contributed by atoms with Gasteiger partial charge in [0.15, 0.2) is 5.82 Å². The Balaban J connectivity index is 3.34. The van der Waals surface area contributed by atoms with Gasteiger partial charge in [-0.25, -0.2) is 9.18 Å². The van der Waals surface area contributed by atoms with Crippen molar-refractivity contribution in [3.05, 3.63) is 28.5 Å². The smallest absolute Gasteiger partial charge is 0.337 e. The minimum Gasteiger partial charge on any atom is -0.478 e. The molecule has 80 valence electrons. The average molecular weight is 232 g/mol. The molecule has 1 rings (SSSR count). The molecule has 6 heteroatoms. The van der Waals surface area contributed by atoms with Crippen molar-refractivity contribution >= 4 is 29.2 Å². The van der Waals surface area contributed by atoms with Crippen LogP contribution in [0, 0.1) is 5.82 Å². The van der Waals surface area contributed by atoms with Gasteiger partial charge in [-0.1, -0.05) is 11.6 Å². The standard InChI is InChI=1S/C9H7ClFNO3/c1-4(13)12-8-5(9(14)15)2-3-6(10)7(8)11/h2-3H,1H3,(H,12,13)(H,14,15). The van der Waals surface area contributed by atoms with Crippen LogP contribution >= 0.6 is 11.6 Å². The summed E-state index contributed by atoms with van der Waals surface area (Å²) in [5.74, 6) is -2.86. The third kappa shape index (κ3) is 2.44. The van der Waals surface area contributed by atoms with E-state index in [9.17, 15) is 14.0 Å². The van der Waals surface area contributed by atoms with Crippen LogP contribution < -0.4 is 5.32 Å². The molecule has 0 saturated carbocycles. The zero-order valence-corrected chi connectivity index (χ0v) is 8.43. The predicted octanol–water partition coefficient (Wildman–Crippen LogP) is 2.14. The topological polar surface area (TPSA) is 66.4 Å². The second-order valence-electron chi connectivity index (χ2n) is 2.77. The Bertz CT molecular complexity index is 434. The molecule has 0 radical (unpaired) electrons. The zero-order chi connectivity index (χ0) is 11.6. The van der Waals surface area contributed by atoms with E-state index in [1.807, 2.05) is 0 Å². The Morgan fingerprint density at radius 1 is 1.47 bits per heavy atom. The van der Waals surface area contributed by atoms with Crippen LogP contribution in [0.15, 0.2) is 12.1 Å². The van der Waals surface area contributed by atoms with Gasteiger partial charge in [-0.2, -0.15) is 0 Å². The molecule has 0 heterocycles. The van der Waals surface area contributed by atoms with Gasteiger partial charge in [-0.15, -0.1) is 0 Å². The minimum atomic E-state index is -1.34. The van der Waals surface area contributed by atoms with E-state index in [1.165, 1.54) is 0 Å². The first-order chi connectivity index (χ1) is 6.93. The van der Waals surface area contributed by atoms with E-state index in [-0.39, 0.29) is 10.6 Å². The van der Waals surface area contributed by atoms with Crippen LogP contribution in [0.4, 0.5) is 10.1 Å². The Kier molecular flexibility index (Phi) is 3.26. The molecule has 0 aliphatic heterocycles. The number of carboxylic acids is 1. The van der Waals surface area contributed by atoms with E-state index in [0.717, 1.165) is 19.1 Å². The molecule has 1 aromatic carbocycles. The number of carbonyl (C=O) groups is 2. The van der Waals surface area contributed by atoms with Gasteiger partial charge in [0.25, 0.3) is 0 Å². The maximum Gasteiger partial charge on any atom is 0.337 e. The van der Waals surface area contributed by atoms with Crippen molar-refractivity contribution in [1.82, 2.24) is 0 Å². The summed E-state index contributed by atoms with van der Waals surface area (Å²) in [4.78, 5) is 21.4. The Hall–Kier alpha value is -1.62. The Morgan fingerprint density at radius 2 is 2.07 bits per heavy atom. The van der Waals surface area contributed by atoms with Crippen molar-refractivity contribution in [3.8, 4) is 0 Å². The van der Waals surface area contributed by atoms with Crippen molar-refractivity contribution < 1.29 is 19.1 Å². The van der Waals surface area contributed by atoms with Gasteiger partial charge in [-0.05, 0) is 12.1 Å². The molecule has 1 aromatic rings. The lowest BCUT2D eigenvalue weighted by Gasteiger charge is -2.08. The highest BCUT2D eigenvalue weighted by Crippen LogP contribution is 2.26. The molecule has 0 unspecified atom stereocenters. The molecular formula is C9H7ClFNO3. The molecule has 0 saturated heterocycles. The van der Waals surface area contributed by atoms with Crippen LogP contribution in [0.25, 0.3) is 0 Å². The van der Waals surface area contributed by atoms with Gasteiger partial charge in [0.2, 0.25) is 5.91 Å². The number of nitrogens with one attached hydrogen (secondary N) is 1. The van der Waals surface area contributed by atoms with E-state index < -0.39 is 23.4 Å². The van der Waals surface area contributed by atoms with Gasteiger partial charge in [-0.3, -0.25) is 4.79 Å². The first kappa shape index (κ1) is 11.5. The first-order valence-electron chi connectivity index (χ1n) is 3.92. The number of hydrogen-bond donors (Lipinski definition) is 2. The lowest BCUT2D eigenvalue weighted by Crippen LogP contribution is -2.12.